The molecule has 3 N–H and O–H groups in total. The molecule has 1 unspecified atom stereocenters. The first-order chi connectivity index (χ1) is 7.77. The second kappa shape index (κ2) is 5.46. The Hall–Kier alpha value is -0.870. The number of benzene rings is 1. The van der Waals surface area contributed by atoms with Gasteiger partial charge in [0.25, 0.3) is 0 Å². The number of piperidine rings is 1. The SMILES string of the molecule is NC(S)Nc1ccccc1N1CCCCC1. The minimum atomic E-state index is -0.314. The van der Waals surface area contributed by atoms with Gasteiger partial charge in [-0.2, -0.15) is 0 Å². The lowest BCUT2D eigenvalue weighted by molar-refractivity contribution is 0.578. The van der Waals surface area contributed by atoms with Crippen LogP contribution in [0.15, 0.2) is 24.3 Å². The Morgan fingerprint density at radius 1 is 1.19 bits per heavy atom. The Morgan fingerprint density at radius 2 is 1.88 bits per heavy atom. The fraction of sp³-hybridized carbons (Fsp3) is 0.500. The van der Waals surface area contributed by atoms with Crippen molar-refractivity contribution in [1.82, 2.24) is 0 Å². The highest BCUT2D eigenvalue weighted by Gasteiger charge is 2.14. The van der Waals surface area contributed by atoms with E-state index in [-0.39, 0.29) is 5.50 Å². The Kier molecular flexibility index (Phi) is 3.96. The fourth-order valence-electron chi connectivity index (χ4n) is 2.17. The van der Waals surface area contributed by atoms with Gasteiger partial charge in [-0.05, 0) is 31.4 Å². The second-order valence-corrected chi connectivity index (χ2v) is 4.71. The van der Waals surface area contributed by atoms with E-state index >= 15 is 0 Å². The number of anilines is 2. The van der Waals surface area contributed by atoms with Crippen LogP contribution in [-0.4, -0.2) is 18.6 Å². The van der Waals surface area contributed by atoms with E-state index in [9.17, 15) is 0 Å². The van der Waals surface area contributed by atoms with Crippen molar-refractivity contribution in [2.24, 2.45) is 5.73 Å². The number of para-hydroxylation sites is 2. The smallest absolute Gasteiger partial charge is 0.120 e. The Labute approximate surface area is 102 Å². The predicted molar refractivity (Wildman–Crippen MR) is 73.1 cm³/mol. The highest BCUT2D eigenvalue weighted by molar-refractivity contribution is 7.81. The van der Waals surface area contributed by atoms with Crippen LogP contribution in [-0.2, 0) is 0 Å². The van der Waals surface area contributed by atoms with E-state index in [1.807, 2.05) is 6.07 Å². The Bertz CT molecular complexity index is 335. The predicted octanol–water partition coefficient (Wildman–Crippen LogP) is 2.26. The topological polar surface area (TPSA) is 41.3 Å². The van der Waals surface area contributed by atoms with E-state index in [0.717, 1.165) is 18.8 Å². The molecule has 1 fully saturated rings. The molecule has 3 nitrogen and oxygen atoms in total. The minimum Gasteiger partial charge on any atom is -0.370 e. The summed E-state index contributed by atoms with van der Waals surface area (Å²) in [5.74, 6) is 0. The third-order valence-electron chi connectivity index (χ3n) is 2.90. The zero-order valence-corrected chi connectivity index (χ0v) is 10.3. The van der Waals surface area contributed by atoms with Crippen LogP contribution in [0.1, 0.15) is 19.3 Å². The van der Waals surface area contributed by atoms with E-state index in [2.05, 4.69) is 41.0 Å². The van der Waals surface area contributed by atoms with E-state index in [1.165, 1.54) is 24.9 Å². The third-order valence-corrected chi connectivity index (χ3v) is 3.03. The van der Waals surface area contributed by atoms with Gasteiger partial charge in [-0.15, -0.1) is 12.6 Å². The van der Waals surface area contributed by atoms with Gasteiger partial charge in [0, 0.05) is 13.1 Å². The molecule has 0 saturated carbocycles. The Balaban J connectivity index is 2.17. The molecule has 16 heavy (non-hydrogen) atoms. The number of nitrogens with one attached hydrogen (secondary N) is 1. The number of thiol groups is 1. The lowest BCUT2D eigenvalue weighted by Gasteiger charge is -2.31. The molecule has 4 heteroatoms. The number of rotatable bonds is 3. The molecule has 1 atom stereocenters. The monoisotopic (exact) mass is 237 g/mol. The molecule has 1 aliphatic heterocycles. The molecule has 1 heterocycles. The van der Waals surface area contributed by atoms with Crippen LogP contribution in [0.2, 0.25) is 0 Å². The summed E-state index contributed by atoms with van der Waals surface area (Å²) in [6.45, 7) is 2.28. The van der Waals surface area contributed by atoms with Gasteiger partial charge in [0.2, 0.25) is 0 Å². The van der Waals surface area contributed by atoms with E-state index in [4.69, 9.17) is 5.73 Å². The van der Waals surface area contributed by atoms with Crippen LogP contribution in [0.5, 0.6) is 0 Å². The molecule has 0 spiro atoms. The lowest BCUT2D eigenvalue weighted by atomic mass is 10.1. The van der Waals surface area contributed by atoms with Crippen LogP contribution >= 0.6 is 12.6 Å². The summed E-state index contributed by atoms with van der Waals surface area (Å²) in [7, 11) is 0. The summed E-state index contributed by atoms with van der Waals surface area (Å²) in [5, 5.41) is 3.17. The van der Waals surface area contributed by atoms with Gasteiger partial charge in [-0.25, -0.2) is 0 Å². The van der Waals surface area contributed by atoms with Gasteiger partial charge in [-0.3, -0.25) is 0 Å². The third kappa shape index (κ3) is 2.83. The van der Waals surface area contributed by atoms with Crippen LogP contribution in [0.4, 0.5) is 11.4 Å². The summed E-state index contributed by atoms with van der Waals surface area (Å²) in [6, 6.07) is 8.29. The maximum Gasteiger partial charge on any atom is 0.120 e. The fourth-order valence-corrected chi connectivity index (χ4v) is 2.30. The minimum absolute atomic E-state index is 0.314. The first kappa shape index (κ1) is 11.6. The maximum absolute atomic E-state index is 5.66. The molecule has 1 aromatic rings. The van der Waals surface area contributed by atoms with Gasteiger partial charge >= 0.3 is 0 Å². The molecule has 0 aliphatic carbocycles. The molecule has 0 amide bonds. The van der Waals surface area contributed by atoms with E-state index in [0.29, 0.717) is 0 Å². The first-order valence-corrected chi connectivity index (χ1v) is 6.33. The summed E-state index contributed by atoms with van der Waals surface area (Å²) >= 11 is 4.17. The van der Waals surface area contributed by atoms with Crippen molar-refractivity contribution < 1.29 is 0 Å². The lowest BCUT2D eigenvalue weighted by Crippen LogP contribution is -2.31. The van der Waals surface area contributed by atoms with E-state index in [1.54, 1.807) is 0 Å². The molecule has 2 rings (SSSR count). The zero-order chi connectivity index (χ0) is 11.4. The van der Waals surface area contributed by atoms with Gasteiger partial charge in [0.1, 0.15) is 5.50 Å². The first-order valence-electron chi connectivity index (χ1n) is 5.81. The van der Waals surface area contributed by atoms with Crippen LogP contribution in [0.25, 0.3) is 0 Å². The molecule has 0 radical (unpaired) electrons. The number of hydrogen-bond donors (Lipinski definition) is 3. The molecule has 88 valence electrons. The molecular weight excluding hydrogens is 218 g/mol. The van der Waals surface area contributed by atoms with Crippen molar-refractivity contribution in [3.63, 3.8) is 0 Å². The van der Waals surface area contributed by atoms with Crippen molar-refractivity contribution in [1.29, 1.82) is 0 Å². The summed E-state index contributed by atoms with van der Waals surface area (Å²) in [4.78, 5) is 2.42. The summed E-state index contributed by atoms with van der Waals surface area (Å²) in [6.07, 6.45) is 3.90. The van der Waals surface area contributed by atoms with Crippen LogP contribution in [0, 0.1) is 0 Å². The maximum atomic E-state index is 5.66. The van der Waals surface area contributed by atoms with E-state index < -0.39 is 0 Å². The van der Waals surface area contributed by atoms with Crippen molar-refractivity contribution >= 4 is 24.0 Å². The standard InChI is InChI=1S/C12H19N3S/c13-12(16)14-10-6-2-3-7-11(10)15-8-4-1-5-9-15/h2-3,6-7,12,14,16H,1,4-5,8-9,13H2. The van der Waals surface area contributed by atoms with Crippen molar-refractivity contribution in [3.05, 3.63) is 24.3 Å². The Morgan fingerprint density at radius 3 is 2.56 bits per heavy atom. The van der Waals surface area contributed by atoms with Gasteiger partial charge in [0.05, 0.1) is 11.4 Å². The molecule has 1 aromatic carbocycles. The largest absolute Gasteiger partial charge is 0.370 e. The van der Waals surface area contributed by atoms with Gasteiger partial charge in [-0.1, -0.05) is 12.1 Å². The highest BCUT2D eigenvalue weighted by atomic mass is 32.1. The second-order valence-electron chi connectivity index (χ2n) is 4.15. The van der Waals surface area contributed by atoms with Crippen molar-refractivity contribution in [2.75, 3.05) is 23.3 Å². The highest BCUT2D eigenvalue weighted by Crippen LogP contribution is 2.28. The molecular formula is C12H19N3S. The molecule has 0 bridgehead atoms. The number of nitrogens with two attached hydrogens (primary N) is 1. The number of hydrogen-bond acceptors (Lipinski definition) is 4. The van der Waals surface area contributed by atoms with Crippen molar-refractivity contribution in [3.8, 4) is 0 Å². The zero-order valence-electron chi connectivity index (χ0n) is 9.39. The van der Waals surface area contributed by atoms with Crippen LogP contribution < -0.4 is 16.0 Å². The molecule has 1 saturated heterocycles. The molecule has 1 aliphatic rings. The van der Waals surface area contributed by atoms with Crippen molar-refractivity contribution in [2.45, 2.75) is 24.8 Å². The number of nitrogens with zero attached hydrogens (tertiary/aromatic N) is 1. The summed E-state index contributed by atoms with van der Waals surface area (Å²) in [5.41, 5.74) is 7.66. The normalized spacial score (nSPS) is 18.2. The summed E-state index contributed by atoms with van der Waals surface area (Å²) < 4.78 is 0. The quantitative estimate of drug-likeness (QED) is 0.558. The molecule has 0 aromatic heterocycles. The van der Waals surface area contributed by atoms with Gasteiger partial charge in [0.15, 0.2) is 0 Å². The average molecular weight is 237 g/mol. The average Bonchev–Trinajstić information content (AvgIpc) is 2.30. The van der Waals surface area contributed by atoms with Gasteiger partial charge < -0.3 is 16.0 Å². The van der Waals surface area contributed by atoms with Crippen LogP contribution in [0.3, 0.4) is 0 Å².